The van der Waals surface area contributed by atoms with Gasteiger partial charge in [-0.05, 0) is 87.5 Å². The lowest BCUT2D eigenvalue weighted by Gasteiger charge is -2.33. The number of halogens is 2. The molecule has 0 aromatic heterocycles. The molecule has 1 atom stereocenters. The van der Waals surface area contributed by atoms with Gasteiger partial charge in [0, 0.05) is 17.5 Å². The molecule has 0 aliphatic rings. The molecule has 3 aromatic rings. The average Bonchev–Trinajstić information content (AvgIpc) is 2.93. The van der Waals surface area contributed by atoms with E-state index in [1.807, 2.05) is 34.0 Å². The van der Waals surface area contributed by atoms with Crippen molar-refractivity contribution in [1.82, 2.24) is 10.2 Å². The van der Waals surface area contributed by atoms with E-state index in [4.69, 9.17) is 23.2 Å². The van der Waals surface area contributed by atoms with Crippen LogP contribution in [-0.2, 0) is 26.2 Å². The molecule has 1 N–H and O–H groups in total. The molecule has 41 heavy (non-hydrogen) atoms. The van der Waals surface area contributed by atoms with E-state index >= 15 is 0 Å². The van der Waals surface area contributed by atoms with Crippen molar-refractivity contribution >= 4 is 62.5 Å². The minimum Gasteiger partial charge on any atom is -0.352 e. The molecule has 3 aromatic carbocycles. The number of nitrogens with zero attached hydrogens (tertiary/aromatic N) is 2. The molecular weight excluding hydrogens is 601 g/mol. The highest BCUT2D eigenvalue weighted by Crippen LogP contribution is 2.28. The van der Waals surface area contributed by atoms with Gasteiger partial charge in [-0.15, -0.1) is 11.8 Å². The van der Waals surface area contributed by atoms with E-state index in [1.165, 1.54) is 28.8 Å². The zero-order valence-electron chi connectivity index (χ0n) is 23.7. The third-order valence-electron chi connectivity index (χ3n) is 6.40. The van der Waals surface area contributed by atoms with Crippen LogP contribution in [0.1, 0.15) is 38.3 Å². The largest absolute Gasteiger partial charge is 0.352 e. The van der Waals surface area contributed by atoms with Crippen LogP contribution in [0.25, 0.3) is 0 Å². The number of aryl methyl sites for hydroxylation is 1. The standard InChI is InChI=1S/C30H35Cl2N3O4S2/c1-6-28(30(37)33-20(2)3)34(18-22-9-16-26(31)27(32)17-22)29(36)19-35(23-10-7-21(4)8-11-23)41(38,39)25-14-12-24(40-5)13-15-25/h7-17,20,28H,6,18-19H2,1-5H3,(H,33,37)/t28-/m0/s1. The average molecular weight is 637 g/mol. The number of rotatable bonds is 12. The fraction of sp³-hybridized carbons (Fsp3) is 0.333. The topological polar surface area (TPSA) is 86.8 Å². The van der Waals surface area contributed by atoms with Crippen molar-refractivity contribution in [3.05, 3.63) is 87.9 Å². The molecule has 220 valence electrons. The van der Waals surface area contributed by atoms with E-state index < -0.39 is 28.5 Å². The number of benzene rings is 3. The highest BCUT2D eigenvalue weighted by atomic mass is 35.5. The van der Waals surface area contributed by atoms with Crippen LogP contribution in [0.3, 0.4) is 0 Å². The first-order valence-corrected chi connectivity index (χ1v) is 16.6. The van der Waals surface area contributed by atoms with E-state index in [9.17, 15) is 18.0 Å². The van der Waals surface area contributed by atoms with Gasteiger partial charge in [0.2, 0.25) is 11.8 Å². The Labute approximate surface area is 257 Å². The molecule has 0 radical (unpaired) electrons. The normalized spacial score (nSPS) is 12.2. The number of anilines is 1. The van der Waals surface area contributed by atoms with Crippen molar-refractivity contribution in [2.24, 2.45) is 0 Å². The Balaban J connectivity index is 2.07. The van der Waals surface area contributed by atoms with Crippen molar-refractivity contribution in [3.63, 3.8) is 0 Å². The molecule has 0 aliphatic heterocycles. The van der Waals surface area contributed by atoms with Crippen LogP contribution in [0.15, 0.2) is 76.5 Å². The number of carbonyl (C=O) groups excluding carboxylic acids is 2. The molecule has 3 rings (SSSR count). The van der Waals surface area contributed by atoms with Crippen molar-refractivity contribution in [2.75, 3.05) is 17.1 Å². The maximum atomic E-state index is 14.1. The minimum absolute atomic E-state index is 0.0317. The van der Waals surface area contributed by atoms with Gasteiger partial charge in [-0.2, -0.15) is 0 Å². The summed E-state index contributed by atoms with van der Waals surface area (Å²) in [6, 6.07) is 17.4. The monoisotopic (exact) mass is 635 g/mol. The van der Waals surface area contributed by atoms with Crippen molar-refractivity contribution in [1.29, 1.82) is 0 Å². The summed E-state index contributed by atoms with van der Waals surface area (Å²) >= 11 is 13.8. The summed E-state index contributed by atoms with van der Waals surface area (Å²) in [6.07, 6.45) is 2.22. The van der Waals surface area contributed by atoms with Gasteiger partial charge in [-0.1, -0.05) is 53.9 Å². The summed E-state index contributed by atoms with van der Waals surface area (Å²) < 4.78 is 29.0. The lowest BCUT2D eigenvalue weighted by molar-refractivity contribution is -0.140. The Bertz CT molecular complexity index is 1460. The van der Waals surface area contributed by atoms with Crippen LogP contribution in [-0.4, -0.2) is 50.0 Å². The predicted molar refractivity (Wildman–Crippen MR) is 168 cm³/mol. The molecular formula is C30H35Cl2N3O4S2. The summed E-state index contributed by atoms with van der Waals surface area (Å²) in [7, 11) is -4.14. The van der Waals surface area contributed by atoms with Crippen molar-refractivity contribution in [2.45, 2.75) is 62.5 Å². The van der Waals surface area contributed by atoms with Gasteiger partial charge in [0.05, 0.1) is 20.6 Å². The zero-order chi connectivity index (χ0) is 30.3. The van der Waals surface area contributed by atoms with Gasteiger partial charge in [0.25, 0.3) is 10.0 Å². The summed E-state index contributed by atoms with van der Waals surface area (Å²) in [4.78, 5) is 29.7. The van der Waals surface area contributed by atoms with E-state index in [1.54, 1.807) is 54.6 Å². The van der Waals surface area contributed by atoms with E-state index in [0.29, 0.717) is 27.7 Å². The number of nitrogens with one attached hydrogen (secondary N) is 1. The number of hydrogen-bond donors (Lipinski definition) is 1. The second kappa shape index (κ2) is 14.4. The predicted octanol–water partition coefficient (Wildman–Crippen LogP) is 6.55. The van der Waals surface area contributed by atoms with Crippen LogP contribution in [0.5, 0.6) is 0 Å². The van der Waals surface area contributed by atoms with E-state index in [0.717, 1.165) is 14.8 Å². The highest BCUT2D eigenvalue weighted by Gasteiger charge is 2.34. The molecule has 0 heterocycles. The molecule has 0 saturated heterocycles. The molecule has 11 heteroatoms. The first-order chi connectivity index (χ1) is 19.4. The molecule has 2 amide bonds. The summed E-state index contributed by atoms with van der Waals surface area (Å²) in [5.41, 5.74) is 1.94. The Morgan fingerprint density at radius 2 is 1.59 bits per heavy atom. The third kappa shape index (κ3) is 8.41. The smallest absolute Gasteiger partial charge is 0.264 e. The van der Waals surface area contributed by atoms with Crippen LogP contribution >= 0.6 is 35.0 Å². The SMILES string of the molecule is CC[C@@H](C(=O)NC(C)C)N(Cc1ccc(Cl)c(Cl)c1)C(=O)CN(c1ccc(C)cc1)S(=O)(=O)c1ccc(SC)cc1. The lowest BCUT2D eigenvalue weighted by atomic mass is 10.1. The maximum Gasteiger partial charge on any atom is 0.264 e. The van der Waals surface area contributed by atoms with Crippen LogP contribution in [0, 0.1) is 6.92 Å². The molecule has 0 saturated carbocycles. The van der Waals surface area contributed by atoms with Crippen molar-refractivity contribution in [3.8, 4) is 0 Å². The zero-order valence-corrected chi connectivity index (χ0v) is 26.9. The van der Waals surface area contributed by atoms with E-state index in [2.05, 4.69) is 5.32 Å². The summed E-state index contributed by atoms with van der Waals surface area (Å²) in [5.74, 6) is -0.861. The highest BCUT2D eigenvalue weighted by molar-refractivity contribution is 7.98. The lowest BCUT2D eigenvalue weighted by Crippen LogP contribution is -2.53. The van der Waals surface area contributed by atoms with Gasteiger partial charge < -0.3 is 10.2 Å². The van der Waals surface area contributed by atoms with Crippen LogP contribution < -0.4 is 9.62 Å². The Kier molecular flexibility index (Phi) is 11.6. The fourth-order valence-corrected chi connectivity index (χ4v) is 6.39. The van der Waals surface area contributed by atoms with E-state index in [-0.39, 0.29) is 23.4 Å². The Hall–Kier alpha value is -2.72. The molecule has 0 spiro atoms. The first-order valence-electron chi connectivity index (χ1n) is 13.1. The summed E-state index contributed by atoms with van der Waals surface area (Å²) in [5, 5.41) is 3.56. The van der Waals surface area contributed by atoms with Gasteiger partial charge in [0.15, 0.2) is 0 Å². The number of carbonyl (C=O) groups is 2. The van der Waals surface area contributed by atoms with Gasteiger partial charge in [-0.25, -0.2) is 8.42 Å². The molecule has 0 aliphatic carbocycles. The van der Waals surface area contributed by atoms with Crippen molar-refractivity contribution < 1.29 is 18.0 Å². The van der Waals surface area contributed by atoms with Gasteiger partial charge >= 0.3 is 0 Å². The maximum absolute atomic E-state index is 14.1. The number of amides is 2. The van der Waals surface area contributed by atoms with Gasteiger partial charge in [0.1, 0.15) is 12.6 Å². The fourth-order valence-electron chi connectivity index (χ4n) is 4.25. The van der Waals surface area contributed by atoms with Crippen LogP contribution in [0.2, 0.25) is 10.0 Å². The number of thioether (sulfide) groups is 1. The second-order valence-corrected chi connectivity index (χ2v) is 13.4. The number of sulfonamides is 1. The first kappa shape index (κ1) is 32.8. The molecule has 7 nitrogen and oxygen atoms in total. The third-order valence-corrected chi connectivity index (χ3v) is 9.67. The summed E-state index contributed by atoms with van der Waals surface area (Å²) in [6.45, 7) is 6.90. The number of hydrogen-bond acceptors (Lipinski definition) is 5. The Morgan fingerprint density at radius 1 is 0.951 bits per heavy atom. The minimum atomic E-state index is -4.14. The molecule has 0 unspecified atom stereocenters. The second-order valence-electron chi connectivity index (χ2n) is 9.88. The molecule has 0 fully saturated rings. The van der Waals surface area contributed by atoms with Gasteiger partial charge in [-0.3, -0.25) is 13.9 Å². The quantitative estimate of drug-likeness (QED) is 0.228. The molecule has 0 bridgehead atoms. The van der Waals surface area contributed by atoms with Crippen LogP contribution in [0.4, 0.5) is 5.69 Å². The Morgan fingerprint density at radius 3 is 2.12 bits per heavy atom.